The van der Waals surface area contributed by atoms with Crippen molar-refractivity contribution in [2.45, 2.75) is 46.5 Å². The van der Waals surface area contributed by atoms with E-state index in [4.69, 9.17) is 0 Å². The molecule has 18 heavy (non-hydrogen) atoms. The molecule has 2 aliphatic carbocycles. The first kappa shape index (κ1) is 13.1. The second-order valence-electron chi connectivity index (χ2n) is 6.43. The third-order valence-electron chi connectivity index (χ3n) is 4.73. The first-order valence-electron chi connectivity index (χ1n) is 6.65. The summed E-state index contributed by atoms with van der Waals surface area (Å²) in [5.74, 6) is 0.376. The lowest BCUT2D eigenvalue weighted by atomic mass is 9.51. The fourth-order valence-corrected chi connectivity index (χ4v) is 3.73. The molecule has 0 heterocycles. The number of rotatable bonds is 1. The molecule has 2 nitrogen and oxygen atoms in total. The number of hydrogen-bond donors (Lipinski definition) is 0. The van der Waals surface area contributed by atoms with Gasteiger partial charge in [-0.2, -0.15) is 5.26 Å². The average Bonchev–Trinajstić information content (AvgIpc) is 2.29. The molecule has 0 saturated heterocycles. The molecule has 0 aromatic rings. The molecular formula is C16H21NO. The summed E-state index contributed by atoms with van der Waals surface area (Å²) in [7, 11) is 0. The highest BCUT2D eigenvalue weighted by Crippen LogP contribution is 2.58. The highest BCUT2D eigenvalue weighted by molar-refractivity contribution is 5.92. The summed E-state index contributed by atoms with van der Waals surface area (Å²) in [6, 6.07) is 2.55. The van der Waals surface area contributed by atoms with Crippen molar-refractivity contribution >= 4 is 5.78 Å². The SMILES string of the molecule is C=C(C)[C@H]1CCC(C)(C)C2=CC(=O)CC[C@@]21C#N. The van der Waals surface area contributed by atoms with Gasteiger partial charge in [-0.15, -0.1) is 0 Å². The lowest BCUT2D eigenvalue weighted by molar-refractivity contribution is -0.116. The van der Waals surface area contributed by atoms with Crippen LogP contribution in [0.5, 0.6) is 0 Å². The molecule has 1 fully saturated rings. The molecule has 0 radical (unpaired) electrons. The first-order chi connectivity index (χ1) is 8.33. The van der Waals surface area contributed by atoms with E-state index in [0.29, 0.717) is 12.8 Å². The third-order valence-corrected chi connectivity index (χ3v) is 4.73. The molecule has 0 unspecified atom stereocenters. The normalized spacial score (nSPS) is 34.2. The Labute approximate surface area is 109 Å². The van der Waals surface area contributed by atoms with Crippen LogP contribution in [-0.2, 0) is 4.79 Å². The number of hydrogen-bond acceptors (Lipinski definition) is 2. The van der Waals surface area contributed by atoms with E-state index < -0.39 is 5.41 Å². The van der Waals surface area contributed by atoms with Gasteiger partial charge in [-0.05, 0) is 43.3 Å². The Hall–Kier alpha value is -1.36. The van der Waals surface area contributed by atoms with Crippen molar-refractivity contribution in [1.29, 1.82) is 5.26 Å². The van der Waals surface area contributed by atoms with Gasteiger partial charge in [0.2, 0.25) is 0 Å². The summed E-state index contributed by atoms with van der Waals surface area (Å²) in [4.78, 5) is 11.7. The Kier molecular flexibility index (Phi) is 2.97. The highest BCUT2D eigenvalue weighted by Gasteiger charge is 2.52. The van der Waals surface area contributed by atoms with Gasteiger partial charge in [0.05, 0.1) is 11.5 Å². The lowest BCUT2D eigenvalue weighted by Crippen LogP contribution is -2.45. The van der Waals surface area contributed by atoms with Gasteiger partial charge in [-0.25, -0.2) is 0 Å². The van der Waals surface area contributed by atoms with Gasteiger partial charge in [0, 0.05) is 12.3 Å². The minimum absolute atomic E-state index is 0.0439. The van der Waals surface area contributed by atoms with Crippen LogP contribution in [0.25, 0.3) is 0 Å². The summed E-state index contributed by atoms with van der Waals surface area (Å²) in [6.45, 7) is 10.4. The molecule has 2 aliphatic rings. The maximum atomic E-state index is 11.7. The standard InChI is InChI=1S/C16H21NO/c1-11(2)13-6-7-15(3,4)14-9-12(18)5-8-16(13,14)10-17/h9,13H,1,5-8H2,2-4H3/t13-,16+/m1/s1. The Morgan fingerprint density at radius 2 is 2.17 bits per heavy atom. The Morgan fingerprint density at radius 3 is 2.72 bits per heavy atom. The molecule has 0 aromatic heterocycles. The molecule has 0 aromatic carbocycles. The average molecular weight is 243 g/mol. The van der Waals surface area contributed by atoms with Gasteiger partial charge in [-0.3, -0.25) is 4.79 Å². The molecule has 2 heteroatoms. The zero-order chi connectivity index (χ0) is 13.6. The minimum Gasteiger partial charge on any atom is -0.295 e. The van der Waals surface area contributed by atoms with E-state index >= 15 is 0 Å². The molecular weight excluding hydrogens is 222 g/mol. The van der Waals surface area contributed by atoms with E-state index in [9.17, 15) is 10.1 Å². The molecule has 2 atom stereocenters. The molecule has 1 saturated carbocycles. The van der Waals surface area contributed by atoms with Gasteiger partial charge >= 0.3 is 0 Å². The Bertz CT molecular complexity index is 478. The summed E-state index contributed by atoms with van der Waals surface area (Å²) in [6.07, 6.45) is 4.93. The van der Waals surface area contributed by atoms with E-state index in [-0.39, 0.29) is 17.1 Å². The quantitative estimate of drug-likeness (QED) is 0.657. The van der Waals surface area contributed by atoms with Crippen LogP contribution in [0.4, 0.5) is 0 Å². The number of nitriles is 1. The predicted octanol–water partition coefficient (Wildman–Crippen LogP) is 3.80. The summed E-state index contributed by atoms with van der Waals surface area (Å²) >= 11 is 0. The van der Waals surface area contributed by atoms with Crippen molar-refractivity contribution in [1.82, 2.24) is 0 Å². The fraction of sp³-hybridized carbons (Fsp3) is 0.625. The molecule has 2 rings (SSSR count). The van der Waals surface area contributed by atoms with Crippen LogP contribution < -0.4 is 0 Å². The van der Waals surface area contributed by atoms with Gasteiger partial charge < -0.3 is 0 Å². The second-order valence-corrected chi connectivity index (χ2v) is 6.43. The zero-order valence-electron chi connectivity index (χ0n) is 11.5. The van der Waals surface area contributed by atoms with Gasteiger partial charge in [-0.1, -0.05) is 26.0 Å². The van der Waals surface area contributed by atoms with Crippen molar-refractivity contribution in [3.63, 3.8) is 0 Å². The van der Waals surface area contributed by atoms with Crippen LogP contribution in [0.2, 0.25) is 0 Å². The van der Waals surface area contributed by atoms with Gasteiger partial charge in [0.15, 0.2) is 5.78 Å². The Balaban J connectivity index is 2.60. The maximum absolute atomic E-state index is 11.7. The highest BCUT2D eigenvalue weighted by atomic mass is 16.1. The van der Waals surface area contributed by atoms with Crippen LogP contribution in [0.1, 0.15) is 46.5 Å². The maximum Gasteiger partial charge on any atom is 0.155 e. The van der Waals surface area contributed by atoms with Crippen LogP contribution in [0.3, 0.4) is 0 Å². The summed E-state index contributed by atoms with van der Waals surface area (Å²) < 4.78 is 0. The zero-order valence-corrected chi connectivity index (χ0v) is 11.5. The van der Waals surface area contributed by atoms with Crippen molar-refractivity contribution in [2.75, 3.05) is 0 Å². The number of fused-ring (bicyclic) bond motifs is 1. The van der Waals surface area contributed by atoms with Crippen molar-refractivity contribution in [3.05, 3.63) is 23.8 Å². The number of nitrogens with zero attached hydrogens (tertiary/aromatic N) is 1. The molecule has 0 aliphatic heterocycles. The second kappa shape index (κ2) is 4.09. The third kappa shape index (κ3) is 1.73. The fourth-order valence-electron chi connectivity index (χ4n) is 3.73. The predicted molar refractivity (Wildman–Crippen MR) is 71.7 cm³/mol. The van der Waals surface area contributed by atoms with E-state index in [1.807, 2.05) is 6.92 Å². The van der Waals surface area contributed by atoms with Crippen LogP contribution >= 0.6 is 0 Å². The summed E-state index contributed by atoms with van der Waals surface area (Å²) in [5, 5.41) is 9.77. The van der Waals surface area contributed by atoms with Crippen molar-refractivity contribution in [2.24, 2.45) is 16.7 Å². The minimum atomic E-state index is -0.485. The molecule has 96 valence electrons. The van der Waals surface area contributed by atoms with Crippen molar-refractivity contribution < 1.29 is 4.79 Å². The smallest absolute Gasteiger partial charge is 0.155 e. The Morgan fingerprint density at radius 1 is 1.50 bits per heavy atom. The van der Waals surface area contributed by atoms with Gasteiger partial charge in [0.1, 0.15) is 0 Å². The topological polar surface area (TPSA) is 40.9 Å². The largest absolute Gasteiger partial charge is 0.295 e. The lowest BCUT2D eigenvalue weighted by Gasteiger charge is -2.50. The first-order valence-corrected chi connectivity index (χ1v) is 6.65. The van der Waals surface area contributed by atoms with Crippen LogP contribution in [-0.4, -0.2) is 5.78 Å². The van der Waals surface area contributed by atoms with Crippen molar-refractivity contribution in [3.8, 4) is 6.07 Å². The molecule has 0 spiro atoms. The molecule has 0 N–H and O–H groups in total. The van der Waals surface area contributed by atoms with Crippen LogP contribution in [0, 0.1) is 28.1 Å². The van der Waals surface area contributed by atoms with E-state index in [1.54, 1.807) is 6.08 Å². The van der Waals surface area contributed by atoms with E-state index in [1.165, 1.54) is 0 Å². The number of carbonyl (C=O) groups is 1. The number of allylic oxidation sites excluding steroid dienone is 3. The van der Waals surface area contributed by atoms with E-state index in [0.717, 1.165) is 24.0 Å². The van der Waals surface area contributed by atoms with E-state index in [2.05, 4.69) is 26.5 Å². The molecule has 0 amide bonds. The summed E-state index contributed by atoms with van der Waals surface area (Å²) in [5.41, 5.74) is 1.60. The number of ketones is 1. The number of carbonyl (C=O) groups excluding carboxylic acids is 1. The van der Waals surface area contributed by atoms with Crippen LogP contribution in [0.15, 0.2) is 23.8 Å². The molecule has 0 bridgehead atoms. The van der Waals surface area contributed by atoms with Gasteiger partial charge in [0.25, 0.3) is 0 Å². The monoisotopic (exact) mass is 243 g/mol.